The second kappa shape index (κ2) is 5.07. The van der Waals surface area contributed by atoms with E-state index in [1.807, 2.05) is 36.7 Å². The predicted molar refractivity (Wildman–Crippen MR) is 86.5 cm³/mol. The fraction of sp³-hybridized carbons (Fsp3) is 0.0556. The number of hydrogen-bond acceptors (Lipinski definition) is 4. The number of fused-ring (bicyclic) bond motifs is 1. The van der Waals surface area contributed by atoms with Gasteiger partial charge in [0.05, 0.1) is 0 Å². The first-order valence-electron chi connectivity index (χ1n) is 7.11. The Bertz CT molecular complexity index is 856. The van der Waals surface area contributed by atoms with Crippen LogP contribution < -0.4 is 5.73 Å². The zero-order valence-electron chi connectivity index (χ0n) is 11.8. The molecule has 2 N–H and O–H groups in total. The normalized spacial score (nSPS) is 16.2. The molecule has 2 aromatic carbocycles. The summed E-state index contributed by atoms with van der Waals surface area (Å²) in [6, 6.07) is 16.4. The van der Waals surface area contributed by atoms with Crippen molar-refractivity contribution in [2.24, 2.45) is 10.7 Å². The minimum absolute atomic E-state index is 0.0409. The molecule has 3 aromatic rings. The van der Waals surface area contributed by atoms with Gasteiger partial charge < -0.3 is 5.73 Å². The molecule has 0 amide bonds. The lowest BCUT2D eigenvalue weighted by molar-refractivity contribution is 0.896. The smallest absolute Gasteiger partial charge is 0.127 e. The Labute approximate surface area is 128 Å². The molecule has 1 unspecified atom stereocenters. The summed E-state index contributed by atoms with van der Waals surface area (Å²) in [7, 11) is 0. The summed E-state index contributed by atoms with van der Waals surface area (Å²) in [6.07, 6.45) is 5.16. The van der Waals surface area contributed by atoms with Crippen molar-refractivity contribution < 1.29 is 0 Å². The largest absolute Gasteiger partial charge is 0.383 e. The first-order chi connectivity index (χ1) is 10.8. The number of benzene rings is 2. The summed E-state index contributed by atoms with van der Waals surface area (Å²) in [5.74, 6) is 0.606. The Morgan fingerprint density at radius 1 is 0.864 bits per heavy atom. The van der Waals surface area contributed by atoms with Gasteiger partial charge in [0.15, 0.2) is 0 Å². The number of nitrogens with two attached hydrogens (primary N) is 1. The number of nitrogens with zero attached hydrogens (tertiary/aromatic N) is 3. The average molecular weight is 286 g/mol. The van der Waals surface area contributed by atoms with Crippen LogP contribution in [0.3, 0.4) is 0 Å². The van der Waals surface area contributed by atoms with E-state index < -0.39 is 0 Å². The van der Waals surface area contributed by atoms with Crippen LogP contribution in [0, 0.1) is 0 Å². The molecule has 1 aromatic heterocycles. The Hall–Kier alpha value is -3.01. The number of hydrogen-bond donors (Lipinski definition) is 1. The maximum atomic E-state index is 6.05. The van der Waals surface area contributed by atoms with E-state index in [4.69, 9.17) is 5.73 Å². The molecule has 0 aliphatic carbocycles. The number of aromatic nitrogens is 2. The second-order valence-electron chi connectivity index (χ2n) is 5.26. The summed E-state index contributed by atoms with van der Waals surface area (Å²) >= 11 is 0. The van der Waals surface area contributed by atoms with Gasteiger partial charge in [-0.15, -0.1) is 0 Å². The van der Waals surface area contributed by atoms with Crippen molar-refractivity contribution in [1.29, 1.82) is 0 Å². The highest BCUT2D eigenvalue weighted by molar-refractivity contribution is 6.01. The molecule has 0 radical (unpaired) electrons. The Balaban J connectivity index is 1.79. The van der Waals surface area contributed by atoms with Gasteiger partial charge in [0.1, 0.15) is 18.2 Å². The van der Waals surface area contributed by atoms with Gasteiger partial charge in [-0.05, 0) is 22.8 Å². The van der Waals surface area contributed by atoms with Gasteiger partial charge in [-0.1, -0.05) is 42.5 Å². The molecule has 0 fully saturated rings. The molecule has 106 valence electrons. The highest BCUT2D eigenvalue weighted by Gasteiger charge is 2.24. The number of aliphatic imine (C=N–C) groups is 1. The van der Waals surface area contributed by atoms with Crippen LogP contribution in [0.15, 0.2) is 72.2 Å². The van der Waals surface area contributed by atoms with Crippen LogP contribution in [0.1, 0.15) is 22.7 Å². The van der Waals surface area contributed by atoms with E-state index in [1.54, 1.807) is 0 Å². The van der Waals surface area contributed by atoms with Gasteiger partial charge in [-0.25, -0.2) is 9.97 Å². The molecular weight excluding hydrogens is 272 g/mol. The van der Waals surface area contributed by atoms with Crippen molar-refractivity contribution >= 4 is 5.84 Å². The molecular formula is C18H14N4. The summed E-state index contributed by atoms with van der Waals surface area (Å²) < 4.78 is 0. The van der Waals surface area contributed by atoms with E-state index in [9.17, 15) is 0 Å². The Kier molecular flexibility index (Phi) is 2.93. The van der Waals surface area contributed by atoms with E-state index in [-0.39, 0.29) is 6.04 Å². The van der Waals surface area contributed by atoms with Gasteiger partial charge in [0.2, 0.25) is 0 Å². The Morgan fingerprint density at radius 3 is 2.55 bits per heavy atom. The second-order valence-corrected chi connectivity index (χ2v) is 5.26. The third-order valence-electron chi connectivity index (χ3n) is 3.90. The highest BCUT2D eigenvalue weighted by Crippen LogP contribution is 2.35. The lowest BCUT2D eigenvalue weighted by Crippen LogP contribution is -2.09. The lowest BCUT2D eigenvalue weighted by Gasteiger charge is -2.11. The van der Waals surface area contributed by atoms with Crippen molar-refractivity contribution in [3.05, 3.63) is 83.9 Å². The molecule has 1 aliphatic heterocycles. The Morgan fingerprint density at radius 2 is 1.68 bits per heavy atom. The average Bonchev–Trinajstić information content (AvgIpc) is 2.93. The van der Waals surface area contributed by atoms with Crippen LogP contribution in [0.25, 0.3) is 11.1 Å². The molecule has 0 spiro atoms. The molecule has 1 aliphatic rings. The van der Waals surface area contributed by atoms with Crippen molar-refractivity contribution in [3.63, 3.8) is 0 Å². The van der Waals surface area contributed by atoms with Gasteiger partial charge in [-0.3, -0.25) is 4.99 Å². The molecule has 4 rings (SSSR count). The van der Waals surface area contributed by atoms with E-state index in [0.717, 1.165) is 27.8 Å². The molecule has 0 saturated heterocycles. The van der Waals surface area contributed by atoms with Crippen LogP contribution >= 0.6 is 0 Å². The zero-order valence-corrected chi connectivity index (χ0v) is 11.8. The van der Waals surface area contributed by atoms with Gasteiger partial charge >= 0.3 is 0 Å². The first-order valence-corrected chi connectivity index (χ1v) is 7.11. The monoisotopic (exact) mass is 286 g/mol. The first kappa shape index (κ1) is 12.7. The maximum Gasteiger partial charge on any atom is 0.127 e. The van der Waals surface area contributed by atoms with E-state index in [0.29, 0.717) is 5.84 Å². The highest BCUT2D eigenvalue weighted by atomic mass is 14.9. The minimum Gasteiger partial charge on any atom is -0.383 e. The topological polar surface area (TPSA) is 64.2 Å². The number of amidine groups is 1. The summed E-state index contributed by atoms with van der Waals surface area (Å²) in [4.78, 5) is 12.8. The summed E-state index contributed by atoms with van der Waals surface area (Å²) in [5.41, 5.74) is 11.4. The van der Waals surface area contributed by atoms with Gasteiger partial charge in [0.25, 0.3) is 0 Å². The van der Waals surface area contributed by atoms with Crippen LogP contribution in [0.2, 0.25) is 0 Å². The van der Waals surface area contributed by atoms with Crippen LogP contribution in [0.5, 0.6) is 0 Å². The third kappa shape index (κ3) is 2.05. The van der Waals surface area contributed by atoms with E-state index in [1.165, 1.54) is 6.33 Å². The third-order valence-corrected chi connectivity index (χ3v) is 3.90. The standard InChI is InChI=1S/C18H14N4/c19-18-16-7-2-1-6-15(16)17(22-18)13-5-3-4-12(8-13)14-9-20-11-21-10-14/h1-11,17H,(H2,19,22). The lowest BCUT2D eigenvalue weighted by atomic mass is 9.95. The SMILES string of the molecule is NC1=NC(c2cccc(-c3cncnc3)c2)c2ccccc21. The van der Waals surface area contributed by atoms with Gasteiger partial charge in [-0.2, -0.15) is 0 Å². The molecule has 0 bridgehead atoms. The van der Waals surface area contributed by atoms with Crippen LogP contribution in [-0.2, 0) is 0 Å². The predicted octanol–water partition coefficient (Wildman–Crippen LogP) is 2.95. The molecule has 4 heteroatoms. The van der Waals surface area contributed by atoms with Crippen LogP contribution in [0.4, 0.5) is 0 Å². The minimum atomic E-state index is -0.0409. The zero-order chi connectivity index (χ0) is 14.9. The fourth-order valence-corrected chi connectivity index (χ4v) is 2.84. The fourth-order valence-electron chi connectivity index (χ4n) is 2.84. The quantitative estimate of drug-likeness (QED) is 0.787. The van der Waals surface area contributed by atoms with E-state index >= 15 is 0 Å². The molecule has 1 atom stereocenters. The summed E-state index contributed by atoms with van der Waals surface area (Å²) in [6.45, 7) is 0. The van der Waals surface area contributed by atoms with Crippen molar-refractivity contribution in [3.8, 4) is 11.1 Å². The molecule has 2 heterocycles. The maximum absolute atomic E-state index is 6.05. The molecule has 4 nitrogen and oxygen atoms in total. The van der Waals surface area contributed by atoms with E-state index in [2.05, 4.69) is 39.2 Å². The number of rotatable bonds is 2. The summed E-state index contributed by atoms with van der Waals surface area (Å²) in [5, 5.41) is 0. The van der Waals surface area contributed by atoms with Crippen LogP contribution in [-0.4, -0.2) is 15.8 Å². The van der Waals surface area contributed by atoms with Gasteiger partial charge in [0, 0.05) is 23.5 Å². The van der Waals surface area contributed by atoms with Crippen molar-refractivity contribution in [2.75, 3.05) is 0 Å². The van der Waals surface area contributed by atoms with Crippen molar-refractivity contribution in [2.45, 2.75) is 6.04 Å². The molecule has 0 saturated carbocycles. The molecule has 22 heavy (non-hydrogen) atoms. The van der Waals surface area contributed by atoms with Crippen molar-refractivity contribution in [1.82, 2.24) is 9.97 Å².